The Hall–Kier alpha value is -1.62. The lowest BCUT2D eigenvalue weighted by molar-refractivity contribution is -0.163. The molecule has 5 nitrogen and oxygen atoms in total. The van der Waals surface area contributed by atoms with E-state index in [1.54, 1.807) is 0 Å². The highest BCUT2D eigenvalue weighted by Gasteiger charge is 2.17. The Labute approximate surface area is 413 Å². The van der Waals surface area contributed by atoms with E-state index >= 15 is 0 Å². The molecule has 0 aliphatic heterocycles. The molecule has 1 atom stereocenters. The van der Waals surface area contributed by atoms with Gasteiger partial charge < -0.3 is 14.2 Å². The maximum absolute atomic E-state index is 12.9. The highest BCUT2D eigenvalue weighted by Crippen LogP contribution is 2.17. The predicted octanol–water partition coefficient (Wildman–Crippen LogP) is 20.4. The van der Waals surface area contributed by atoms with Crippen molar-refractivity contribution in [1.29, 1.82) is 0 Å². The first-order valence-corrected chi connectivity index (χ1v) is 29.9. The summed E-state index contributed by atoms with van der Waals surface area (Å²) in [6, 6.07) is 0. The maximum Gasteiger partial charge on any atom is 0.306 e. The standard InChI is InChI=1S/C61H116O5/c1-4-7-10-13-16-19-22-25-28-30-31-32-34-36-39-42-45-48-51-54-60(62)65-58-59(57-64-56-53-50-47-44-41-38-35-29-26-23-20-17-14-11-8-5-2)66-61(63)55-52-49-46-43-40-37-33-27-24-21-18-15-12-9-6-3/h16,19,25,28,59H,4-15,17-18,20-24,26-27,29-58H2,1-3H3/b19-16-,28-25-. The van der Waals surface area contributed by atoms with E-state index in [-0.39, 0.29) is 18.5 Å². The summed E-state index contributed by atoms with van der Waals surface area (Å²) in [5.41, 5.74) is 0. The number of hydrogen-bond acceptors (Lipinski definition) is 5. The Kier molecular flexibility index (Phi) is 56.3. The summed E-state index contributed by atoms with van der Waals surface area (Å²) in [5.74, 6) is -0.377. The molecule has 0 spiro atoms. The number of esters is 2. The minimum Gasteiger partial charge on any atom is -0.462 e. The topological polar surface area (TPSA) is 61.8 Å². The zero-order chi connectivity index (χ0) is 47.7. The quantitative estimate of drug-likeness (QED) is 0.0345. The minimum absolute atomic E-state index is 0.0916. The first-order valence-electron chi connectivity index (χ1n) is 29.9. The van der Waals surface area contributed by atoms with Crippen molar-refractivity contribution in [2.24, 2.45) is 0 Å². The molecule has 0 aromatic heterocycles. The Bertz CT molecular complexity index is 1010. The number of ether oxygens (including phenoxy) is 3. The smallest absolute Gasteiger partial charge is 0.306 e. The lowest BCUT2D eigenvalue weighted by atomic mass is 10.0. The van der Waals surface area contributed by atoms with E-state index in [1.807, 2.05) is 0 Å². The second-order valence-electron chi connectivity index (χ2n) is 20.3. The number of carbonyl (C=O) groups excluding carboxylic acids is 2. The molecule has 0 N–H and O–H groups in total. The second-order valence-corrected chi connectivity index (χ2v) is 20.3. The molecule has 0 aromatic rings. The summed E-state index contributed by atoms with van der Waals surface area (Å²) in [6.45, 7) is 7.88. The summed E-state index contributed by atoms with van der Waals surface area (Å²) in [4.78, 5) is 25.5. The molecule has 0 bridgehead atoms. The molecule has 0 saturated carbocycles. The van der Waals surface area contributed by atoms with Gasteiger partial charge in [-0.1, -0.05) is 289 Å². The van der Waals surface area contributed by atoms with E-state index in [0.29, 0.717) is 26.1 Å². The number of rotatable bonds is 56. The van der Waals surface area contributed by atoms with E-state index in [4.69, 9.17) is 14.2 Å². The van der Waals surface area contributed by atoms with E-state index in [9.17, 15) is 9.59 Å². The molecule has 0 amide bonds. The average molecular weight is 930 g/mol. The SMILES string of the molecule is CCCCC/C=C\C/C=C\CCCCCCCCCCCC(=O)OCC(COCCCCCCCCCCCCCCCCCC)OC(=O)CCCCCCCCCCCCCCCCC. The van der Waals surface area contributed by atoms with Crippen LogP contribution in [0.25, 0.3) is 0 Å². The molecule has 0 radical (unpaired) electrons. The summed E-state index contributed by atoms with van der Waals surface area (Å²) in [6.07, 6.45) is 69.1. The van der Waals surface area contributed by atoms with Crippen molar-refractivity contribution in [3.8, 4) is 0 Å². The van der Waals surface area contributed by atoms with Crippen molar-refractivity contribution < 1.29 is 23.8 Å². The summed E-state index contributed by atoms with van der Waals surface area (Å²) < 4.78 is 17.5. The van der Waals surface area contributed by atoms with Gasteiger partial charge in [-0.15, -0.1) is 0 Å². The number of hydrogen-bond donors (Lipinski definition) is 0. The molecule has 390 valence electrons. The van der Waals surface area contributed by atoms with Crippen LogP contribution in [-0.4, -0.2) is 37.9 Å². The second kappa shape index (κ2) is 57.7. The molecule has 0 heterocycles. The van der Waals surface area contributed by atoms with Crippen molar-refractivity contribution in [2.45, 2.75) is 335 Å². The number of carbonyl (C=O) groups is 2. The van der Waals surface area contributed by atoms with Gasteiger partial charge in [0.25, 0.3) is 0 Å². The monoisotopic (exact) mass is 929 g/mol. The van der Waals surface area contributed by atoms with E-state index < -0.39 is 6.10 Å². The molecule has 66 heavy (non-hydrogen) atoms. The van der Waals surface area contributed by atoms with Gasteiger partial charge in [0.15, 0.2) is 6.10 Å². The Morgan fingerprint density at radius 2 is 0.636 bits per heavy atom. The summed E-state index contributed by atoms with van der Waals surface area (Å²) >= 11 is 0. The molecule has 0 saturated heterocycles. The Balaban J connectivity index is 4.21. The molecule has 0 fully saturated rings. The lowest BCUT2D eigenvalue weighted by Gasteiger charge is -2.18. The highest BCUT2D eigenvalue weighted by molar-refractivity contribution is 5.70. The van der Waals surface area contributed by atoms with Crippen molar-refractivity contribution >= 4 is 11.9 Å². The van der Waals surface area contributed by atoms with Crippen molar-refractivity contribution in [2.75, 3.05) is 19.8 Å². The van der Waals surface area contributed by atoms with Crippen LogP contribution in [0.15, 0.2) is 24.3 Å². The first kappa shape index (κ1) is 64.4. The van der Waals surface area contributed by atoms with Crippen LogP contribution in [0.1, 0.15) is 329 Å². The zero-order valence-electron chi connectivity index (χ0n) is 45.0. The fourth-order valence-corrected chi connectivity index (χ4v) is 9.01. The van der Waals surface area contributed by atoms with Crippen molar-refractivity contribution in [1.82, 2.24) is 0 Å². The Morgan fingerprint density at radius 3 is 1.03 bits per heavy atom. The van der Waals surface area contributed by atoms with E-state index in [1.165, 1.54) is 257 Å². The van der Waals surface area contributed by atoms with Crippen molar-refractivity contribution in [3.63, 3.8) is 0 Å². The summed E-state index contributed by atoms with van der Waals surface area (Å²) in [7, 11) is 0. The van der Waals surface area contributed by atoms with Gasteiger partial charge in [-0.25, -0.2) is 0 Å². The lowest BCUT2D eigenvalue weighted by Crippen LogP contribution is -2.30. The Morgan fingerprint density at radius 1 is 0.333 bits per heavy atom. The number of unbranched alkanes of at least 4 members (excludes halogenated alkanes) is 41. The van der Waals surface area contributed by atoms with Gasteiger partial charge in [0.2, 0.25) is 0 Å². The van der Waals surface area contributed by atoms with Gasteiger partial charge in [-0.05, 0) is 51.4 Å². The average Bonchev–Trinajstić information content (AvgIpc) is 3.32. The molecule has 0 aliphatic rings. The number of allylic oxidation sites excluding steroid dienone is 4. The van der Waals surface area contributed by atoms with Crippen LogP contribution in [0.3, 0.4) is 0 Å². The fourth-order valence-electron chi connectivity index (χ4n) is 9.01. The van der Waals surface area contributed by atoms with Gasteiger partial charge in [0.05, 0.1) is 6.61 Å². The van der Waals surface area contributed by atoms with Gasteiger partial charge >= 0.3 is 11.9 Å². The van der Waals surface area contributed by atoms with Crippen LogP contribution < -0.4 is 0 Å². The molecule has 0 aliphatic carbocycles. The van der Waals surface area contributed by atoms with Crippen molar-refractivity contribution in [3.05, 3.63) is 24.3 Å². The van der Waals surface area contributed by atoms with E-state index in [0.717, 1.165) is 38.5 Å². The van der Waals surface area contributed by atoms with Crippen LogP contribution in [0.2, 0.25) is 0 Å². The third-order valence-corrected chi connectivity index (χ3v) is 13.5. The molecular formula is C61H116O5. The molecule has 0 rings (SSSR count). The molecule has 5 heteroatoms. The highest BCUT2D eigenvalue weighted by atomic mass is 16.6. The molecule has 0 aromatic carbocycles. The normalized spacial score (nSPS) is 12.2. The van der Waals surface area contributed by atoms with Crippen LogP contribution in [0, 0.1) is 0 Å². The summed E-state index contributed by atoms with van der Waals surface area (Å²) in [5, 5.41) is 0. The van der Waals surface area contributed by atoms with Gasteiger partial charge in [-0.3, -0.25) is 9.59 Å². The van der Waals surface area contributed by atoms with Crippen LogP contribution in [0.4, 0.5) is 0 Å². The third kappa shape index (κ3) is 55.0. The molecular weight excluding hydrogens is 813 g/mol. The van der Waals surface area contributed by atoms with Crippen LogP contribution in [-0.2, 0) is 23.8 Å². The predicted molar refractivity (Wildman–Crippen MR) is 289 cm³/mol. The fraction of sp³-hybridized carbons (Fsp3) is 0.902. The van der Waals surface area contributed by atoms with Gasteiger partial charge in [0, 0.05) is 19.4 Å². The van der Waals surface area contributed by atoms with Gasteiger partial charge in [0.1, 0.15) is 6.61 Å². The van der Waals surface area contributed by atoms with Crippen LogP contribution >= 0.6 is 0 Å². The first-order chi connectivity index (χ1) is 32.6. The van der Waals surface area contributed by atoms with Gasteiger partial charge in [-0.2, -0.15) is 0 Å². The largest absolute Gasteiger partial charge is 0.462 e. The molecule has 1 unspecified atom stereocenters. The third-order valence-electron chi connectivity index (χ3n) is 13.5. The zero-order valence-corrected chi connectivity index (χ0v) is 45.0. The van der Waals surface area contributed by atoms with E-state index in [2.05, 4.69) is 45.1 Å². The van der Waals surface area contributed by atoms with Crippen LogP contribution in [0.5, 0.6) is 0 Å². The minimum atomic E-state index is -0.530. The maximum atomic E-state index is 12.9.